The number of hydroxylamine groups is 2. The fraction of sp³-hybridized carbons (Fsp3) is 0.647. The standard InChI is InChI=1S/C17H28NO6P/c1-5-22-25(20,23-6-2)16(15-13-21-17(3,4)24-15)18(19)12-14-10-8-7-9-11-14/h7-11,15-16,19H,5-6,12-13H2,1-4H3/t15-,16+/m1/s1. The molecule has 0 spiro atoms. The van der Waals surface area contributed by atoms with Gasteiger partial charge in [0, 0.05) is 6.54 Å². The third kappa shape index (κ3) is 5.34. The molecule has 2 rings (SSSR count). The zero-order chi connectivity index (χ0) is 18.5. The van der Waals surface area contributed by atoms with Crippen molar-refractivity contribution in [2.75, 3.05) is 19.8 Å². The quantitative estimate of drug-likeness (QED) is 0.523. The van der Waals surface area contributed by atoms with Gasteiger partial charge in [0.25, 0.3) is 0 Å². The van der Waals surface area contributed by atoms with Crippen molar-refractivity contribution in [3.8, 4) is 0 Å². The first-order chi connectivity index (χ1) is 11.8. The fourth-order valence-electron chi connectivity index (χ4n) is 2.84. The molecule has 1 aromatic rings. The molecular formula is C17H28NO6P. The van der Waals surface area contributed by atoms with Crippen molar-refractivity contribution in [3.63, 3.8) is 0 Å². The highest BCUT2D eigenvalue weighted by Crippen LogP contribution is 2.56. The first-order valence-corrected chi connectivity index (χ1v) is 10.1. The predicted octanol–water partition coefficient (Wildman–Crippen LogP) is 3.62. The number of nitrogens with zero attached hydrogens (tertiary/aromatic N) is 1. The molecule has 0 amide bonds. The second-order valence-corrected chi connectivity index (χ2v) is 8.36. The van der Waals surface area contributed by atoms with Crippen LogP contribution in [-0.4, -0.2) is 47.8 Å². The molecule has 142 valence electrons. The minimum atomic E-state index is -3.66. The van der Waals surface area contributed by atoms with Crippen molar-refractivity contribution in [1.82, 2.24) is 5.06 Å². The van der Waals surface area contributed by atoms with Gasteiger partial charge in [-0.2, -0.15) is 5.06 Å². The van der Waals surface area contributed by atoms with E-state index in [2.05, 4.69) is 0 Å². The minimum absolute atomic E-state index is 0.163. The van der Waals surface area contributed by atoms with Crippen molar-refractivity contribution in [2.45, 2.75) is 51.9 Å². The lowest BCUT2D eigenvalue weighted by Gasteiger charge is -2.34. The lowest BCUT2D eigenvalue weighted by molar-refractivity contribution is -0.175. The molecule has 1 saturated heterocycles. The van der Waals surface area contributed by atoms with E-state index in [1.165, 1.54) is 0 Å². The van der Waals surface area contributed by atoms with Gasteiger partial charge in [-0.1, -0.05) is 30.3 Å². The lowest BCUT2D eigenvalue weighted by atomic mass is 10.2. The van der Waals surface area contributed by atoms with E-state index >= 15 is 0 Å². The van der Waals surface area contributed by atoms with E-state index in [1.54, 1.807) is 27.7 Å². The average Bonchev–Trinajstić information content (AvgIpc) is 2.88. The van der Waals surface area contributed by atoms with Crippen LogP contribution in [0.15, 0.2) is 30.3 Å². The molecule has 2 atom stereocenters. The number of ether oxygens (including phenoxy) is 2. The Balaban J connectivity index is 2.29. The third-order valence-corrected chi connectivity index (χ3v) is 6.28. The number of rotatable bonds is 9. The monoisotopic (exact) mass is 373 g/mol. The van der Waals surface area contributed by atoms with Crippen molar-refractivity contribution >= 4 is 7.60 Å². The van der Waals surface area contributed by atoms with Crippen molar-refractivity contribution in [2.24, 2.45) is 0 Å². The Labute approximate surface area is 149 Å². The summed E-state index contributed by atoms with van der Waals surface area (Å²) in [5.41, 5.74) is 0.868. The molecule has 1 aliphatic heterocycles. The summed E-state index contributed by atoms with van der Waals surface area (Å²) >= 11 is 0. The maximum atomic E-state index is 13.4. The van der Waals surface area contributed by atoms with Crippen LogP contribution in [0.1, 0.15) is 33.3 Å². The molecule has 1 heterocycles. The highest BCUT2D eigenvalue weighted by atomic mass is 31.2. The molecule has 0 bridgehead atoms. The molecule has 1 fully saturated rings. The molecule has 25 heavy (non-hydrogen) atoms. The van der Waals surface area contributed by atoms with Crippen LogP contribution < -0.4 is 0 Å². The molecule has 1 N–H and O–H groups in total. The average molecular weight is 373 g/mol. The van der Waals surface area contributed by atoms with Crippen molar-refractivity contribution < 1.29 is 28.3 Å². The first kappa shape index (κ1) is 20.5. The third-order valence-electron chi connectivity index (χ3n) is 3.80. The van der Waals surface area contributed by atoms with E-state index in [0.29, 0.717) is 0 Å². The highest BCUT2D eigenvalue weighted by molar-refractivity contribution is 7.54. The molecular weight excluding hydrogens is 345 g/mol. The lowest BCUT2D eigenvalue weighted by Crippen LogP contribution is -2.44. The molecule has 0 radical (unpaired) electrons. The Morgan fingerprint density at radius 1 is 1.28 bits per heavy atom. The van der Waals surface area contributed by atoms with Crippen LogP contribution in [-0.2, 0) is 29.6 Å². The normalized spacial score (nSPS) is 21.6. The Kier molecular flexibility index (Phi) is 7.17. The second-order valence-electron chi connectivity index (χ2n) is 6.24. The molecule has 0 unspecified atom stereocenters. The van der Waals surface area contributed by atoms with E-state index in [1.807, 2.05) is 30.3 Å². The van der Waals surface area contributed by atoms with Gasteiger partial charge in [-0.25, -0.2) is 0 Å². The van der Waals surface area contributed by atoms with Crippen LogP contribution in [0.4, 0.5) is 0 Å². The zero-order valence-corrected chi connectivity index (χ0v) is 16.1. The number of hydrogen-bond donors (Lipinski definition) is 1. The Morgan fingerprint density at radius 2 is 1.88 bits per heavy atom. The van der Waals surface area contributed by atoms with Crippen LogP contribution in [0.25, 0.3) is 0 Å². The van der Waals surface area contributed by atoms with Crippen LogP contribution >= 0.6 is 7.60 Å². The van der Waals surface area contributed by atoms with Crippen LogP contribution in [0.3, 0.4) is 0 Å². The number of benzene rings is 1. The van der Waals surface area contributed by atoms with Crippen molar-refractivity contribution in [1.29, 1.82) is 0 Å². The summed E-state index contributed by atoms with van der Waals surface area (Å²) in [5, 5.41) is 11.7. The zero-order valence-electron chi connectivity index (χ0n) is 15.3. The molecule has 0 aromatic heterocycles. The van der Waals surface area contributed by atoms with Gasteiger partial charge in [-0.3, -0.25) is 4.57 Å². The maximum Gasteiger partial charge on any atom is 0.352 e. The Bertz CT molecular complexity index is 572. The number of hydrogen-bond acceptors (Lipinski definition) is 7. The predicted molar refractivity (Wildman–Crippen MR) is 93.3 cm³/mol. The molecule has 1 aliphatic rings. The van der Waals surface area contributed by atoms with E-state index in [0.717, 1.165) is 10.6 Å². The summed E-state index contributed by atoms with van der Waals surface area (Å²) in [6.45, 7) is 7.76. The van der Waals surface area contributed by atoms with Gasteiger partial charge in [-0.05, 0) is 33.3 Å². The fourth-order valence-corrected chi connectivity index (χ4v) is 4.90. The van der Waals surface area contributed by atoms with Crippen molar-refractivity contribution in [3.05, 3.63) is 35.9 Å². The summed E-state index contributed by atoms with van der Waals surface area (Å²) in [5.74, 6) is -1.81. The maximum absolute atomic E-state index is 13.4. The highest BCUT2D eigenvalue weighted by Gasteiger charge is 2.50. The van der Waals surface area contributed by atoms with Gasteiger partial charge < -0.3 is 23.7 Å². The van der Waals surface area contributed by atoms with E-state index < -0.39 is 25.3 Å². The largest absolute Gasteiger partial charge is 0.352 e. The Hall–Kier alpha value is -0.790. The van der Waals surface area contributed by atoms with Gasteiger partial charge >= 0.3 is 7.60 Å². The summed E-state index contributed by atoms with van der Waals surface area (Å²) in [6.07, 6.45) is -0.646. The van der Waals surface area contributed by atoms with E-state index in [4.69, 9.17) is 18.5 Å². The summed E-state index contributed by atoms with van der Waals surface area (Å²) in [7, 11) is -3.66. The molecule has 1 aromatic carbocycles. The van der Waals surface area contributed by atoms with Gasteiger partial charge in [-0.15, -0.1) is 0 Å². The topological polar surface area (TPSA) is 77.5 Å². The molecule has 7 nitrogen and oxygen atoms in total. The minimum Gasteiger partial charge on any atom is -0.348 e. The van der Waals surface area contributed by atoms with Crippen LogP contribution in [0.5, 0.6) is 0 Å². The summed E-state index contributed by atoms with van der Waals surface area (Å²) < 4.78 is 35.7. The second kappa shape index (κ2) is 8.73. The summed E-state index contributed by atoms with van der Waals surface area (Å²) in [4.78, 5) is 0. The van der Waals surface area contributed by atoms with Gasteiger partial charge in [0.15, 0.2) is 11.6 Å². The van der Waals surface area contributed by atoms with Crippen LogP contribution in [0.2, 0.25) is 0 Å². The summed E-state index contributed by atoms with van der Waals surface area (Å²) in [6, 6.07) is 9.40. The van der Waals surface area contributed by atoms with Gasteiger partial charge in [0.2, 0.25) is 0 Å². The van der Waals surface area contributed by atoms with Crippen LogP contribution in [0, 0.1) is 0 Å². The molecule has 0 saturated carbocycles. The smallest absolute Gasteiger partial charge is 0.348 e. The van der Waals surface area contributed by atoms with E-state index in [-0.39, 0.29) is 26.4 Å². The SMILES string of the molecule is CCOP(=O)(OCC)[C@@H]([C@H]1COC(C)(C)O1)N(O)Cc1ccccc1. The molecule has 8 heteroatoms. The van der Waals surface area contributed by atoms with Gasteiger partial charge in [0.1, 0.15) is 6.10 Å². The molecule has 0 aliphatic carbocycles. The van der Waals surface area contributed by atoms with Gasteiger partial charge in [0.05, 0.1) is 19.8 Å². The van der Waals surface area contributed by atoms with E-state index in [9.17, 15) is 9.77 Å². The Morgan fingerprint density at radius 3 is 2.36 bits per heavy atom. The first-order valence-electron chi connectivity index (χ1n) is 8.51.